The summed E-state index contributed by atoms with van der Waals surface area (Å²) in [5.74, 6) is -0.485. The molecule has 0 radical (unpaired) electrons. The summed E-state index contributed by atoms with van der Waals surface area (Å²) in [5.41, 5.74) is 1.22. The predicted molar refractivity (Wildman–Crippen MR) is 129 cm³/mol. The maximum atomic E-state index is 13.3. The average molecular weight is 532 g/mol. The van der Waals surface area contributed by atoms with Crippen molar-refractivity contribution in [2.75, 3.05) is 6.54 Å². The third-order valence-electron chi connectivity index (χ3n) is 4.57. The SMILES string of the molecule is O=C(CN(Cc1c(Cl)cccc1Cl)S(=O)(=O)c1ccc(Cl)cc1)NCc1ccc(Cl)cc1. The summed E-state index contributed by atoms with van der Waals surface area (Å²) >= 11 is 24.3. The van der Waals surface area contributed by atoms with Crippen LogP contribution in [0, 0.1) is 0 Å². The summed E-state index contributed by atoms with van der Waals surface area (Å²) in [6, 6.07) is 17.5. The number of nitrogens with zero attached hydrogens (tertiary/aromatic N) is 1. The van der Waals surface area contributed by atoms with E-state index in [1.807, 2.05) is 0 Å². The van der Waals surface area contributed by atoms with Gasteiger partial charge in [0.2, 0.25) is 15.9 Å². The number of rotatable bonds is 8. The van der Waals surface area contributed by atoms with Gasteiger partial charge in [-0.1, -0.05) is 64.6 Å². The Morgan fingerprint density at radius 1 is 0.812 bits per heavy atom. The Morgan fingerprint density at radius 2 is 1.34 bits per heavy atom. The van der Waals surface area contributed by atoms with E-state index in [9.17, 15) is 13.2 Å². The highest BCUT2D eigenvalue weighted by molar-refractivity contribution is 7.89. The molecule has 0 aliphatic rings. The van der Waals surface area contributed by atoms with Crippen molar-refractivity contribution in [2.45, 2.75) is 18.0 Å². The van der Waals surface area contributed by atoms with E-state index >= 15 is 0 Å². The second-order valence-electron chi connectivity index (χ2n) is 6.83. The van der Waals surface area contributed by atoms with Gasteiger partial charge in [0.15, 0.2) is 0 Å². The van der Waals surface area contributed by atoms with Crippen LogP contribution in [0.4, 0.5) is 0 Å². The smallest absolute Gasteiger partial charge is 0.243 e. The van der Waals surface area contributed by atoms with Gasteiger partial charge in [-0.05, 0) is 54.1 Å². The number of hydrogen-bond donors (Lipinski definition) is 1. The fourth-order valence-electron chi connectivity index (χ4n) is 2.86. The van der Waals surface area contributed by atoms with Crippen LogP contribution in [-0.4, -0.2) is 25.2 Å². The van der Waals surface area contributed by atoms with Crippen LogP contribution >= 0.6 is 46.4 Å². The molecule has 0 spiro atoms. The first-order chi connectivity index (χ1) is 15.2. The van der Waals surface area contributed by atoms with E-state index in [2.05, 4.69) is 5.32 Å². The van der Waals surface area contributed by atoms with Crippen molar-refractivity contribution in [1.29, 1.82) is 0 Å². The average Bonchev–Trinajstić information content (AvgIpc) is 2.75. The first-order valence-electron chi connectivity index (χ1n) is 9.36. The minimum atomic E-state index is -4.05. The van der Waals surface area contributed by atoms with Crippen LogP contribution in [0.1, 0.15) is 11.1 Å². The lowest BCUT2D eigenvalue weighted by Crippen LogP contribution is -2.40. The minimum Gasteiger partial charge on any atom is -0.351 e. The second kappa shape index (κ2) is 10.9. The highest BCUT2D eigenvalue weighted by Crippen LogP contribution is 2.28. The minimum absolute atomic E-state index is 0.00410. The Morgan fingerprint density at radius 3 is 1.91 bits per heavy atom. The number of carbonyl (C=O) groups excluding carboxylic acids is 1. The molecule has 0 bridgehead atoms. The maximum absolute atomic E-state index is 13.3. The second-order valence-corrected chi connectivity index (χ2v) is 10.5. The molecule has 3 rings (SSSR count). The molecule has 1 amide bonds. The van der Waals surface area contributed by atoms with Crippen LogP contribution in [0.25, 0.3) is 0 Å². The fraction of sp³-hybridized carbons (Fsp3) is 0.136. The molecule has 0 aliphatic carbocycles. The van der Waals surface area contributed by atoms with E-state index in [0.29, 0.717) is 25.7 Å². The molecule has 0 aliphatic heterocycles. The zero-order valence-electron chi connectivity index (χ0n) is 16.6. The zero-order valence-corrected chi connectivity index (χ0v) is 20.4. The molecule has 168 valence electrons. The van der Waals surface area contributed by atoms with Crippen LogP contribution in [0.15, 0.2) is 71.6 Å². The topological polar surface area (TPSA) is 66.5 Å². The van der Waals surface area contributed by atoms with Gasteiger partial charge in [-0.25, -0.2) is 8.42 Å². The number of benzene rings is 3. The molecular formula is C22H18Cl4N2O3S. The van der Waals surface area contributed by atoms with E-state index in [0.717, 1.165) is 9.87 Å². The number of sulfonamides is 1. The molecule has 0 saturated carbocycles. The lowest BCUT2D eigenvalue weighted by molar-refractivity contribution is -0.121. The molecule has 0 unspecified atom stereocenters. The molecule has 10 heteroatoms. The van der Waals surface area contributed by atoms with Gasteiger partial charge in [0.25, 0.3) is 0 Å². The van der Waals surface area contributed by atoms with Crippen LogP contribution in [0.5, 0.6) is 0 Å². The summed E-state index contributed by atoms with van der Waals surface area (Å²) in [4.78, 5) is 12.7. The molecule has 1 N–H and O–H groups in total. The van der Waals surface area contributed by atoms with Gasteiger partial charge in [0, 0.05) is 38.7 Å². The number of halogens is 4. The first kappa shape index (κ1) is 24.8. The first-order valence-corrected chi connectivity index (χ1v) is 12.3. The van der Waals surface area contributed by atoms with E-state index < -0.39 is 22.5 Å². The standard InChI is InChI=1S/C22H18Cl4N2O3S/c23-16-6-4-15(5-7-16)12-27-22(29)14-28(13-19-20(25)2-1-3-21(19)26)32(30,31)18-10-8-17(24)9-11-18/h1-11H,12-14H2,(H,27,29). The maximum Gasteiger partial charge on any atom is 0.243 e. The van der Waals surface area contributed by atoms with Crippen molar-refractivity contribution < 1.29 is 13.2 Å². The van der Waals surface area contributed by atoms with Gasteiger partial charge < -0.3 is 5.32 Å². The fourth-order valence-corrected chi connectivity index (χ4v) is 4.99. The number of nitrogens with one attached hydrogen (secondary N) is 1. The summed E-state index contributed by atoms with van der Waals surface area (Å²) in [5, 5.41) is 4.30. The highest BCUT2D eigenvalue weighted by atomic mass is 35.5. The highest BCUT2D eigenvalue weighted by Gasteiger charge is 2.28. The van der Waals surface area contributed by atoms with E-state index in [1.165, 1.54) is 24.3 Å². The zero-order chi connectivity index (χ0) is 23.3. The van der Waals surface area contributed by atoms with E-state index in [4.69, 9.17) is 46.4 Å². The van der Waals surface area contributed by atoms with Crippen LogP contribution < -0.4 is 5.32 Å². The Labute approximate surface area is 206 Å². The molecule has 0 fully saturated rings. The third-order valence-corrected chi connectivity index (χ3v) is 7.59. The number of carbonyl (C=O) groups is 1. The van der Waals surface area contributed by atoms with Gasteiger partial charge in [-0.15, -0.1) is 0 Å². The Hall–Kier alpha value is -1.80. The normalized spacial score (nSPS) is 11.5. The van der Waals surface area contributed by atoms with Gasteiger partial charge in [0.05, 0.1) is 11.4 Å². The summed E-state index contributed by atoms with van der Waals surface area (Å²) in [6.45, 7) is -0.393. The van der Waals surface area contributed by atoms with E-state index in [1.54, 1.807) is 42.5 Å². The Bertz CT molecular complexity index is 1180. The quantitative estimate of drug-likeness (QED) is 0.399. The van der Waals surface area contributed by atoms with Gasteiger partial charge in [-0.3, -0.25) is 4.79 Å². The monoisotopic (exact) mass is 530 g/mol. The Balaban J connectivity index is 1.85. The van der Waals surface area contributed by atoms with Crippen molar-refractivity contribution in [1.82, 2.24) is 9.62 Å². The molecule has 0 atom stereocenters. The van der Waals surface area contributed by atoms with Crippen molar-refractivity contribution >= 4 is 62.3 Å². The molecule has 0 saturated heterocycles. The van der Waals surface area contributed by atoms with Crippen molar-refractivity contribution in [3.05, 3.63) is 97.9 Å². The van der Waals surface area contributed by atoms with Crippen LogP contribution in [0.2, 0.25) is 20.1 Å². The predicted octanol–water partition coefficient (Wildman–Crippen LogP) is 5.81. The van der Waals surface area contributed by atoms with E-state index in [-0.39, 0.29) is 18.0 Å². The molecule has 3 aromatic carbocycles. The van der Waals surface area contributed by atoms with Crippen molar-refractivity contribution in [2.24, 2.45) is 0 Å². The summed E-state index contributed by atoms with van der Waals surface area (Å²) in [7, 11) is -4.05. The molecule has 3 aromatic rings. The molecule has 5 nitrogen and oxygen atoms in total. The molecule has 0 aromatic heterocycles. The molecular weight excluding hydrogens is 514 g/mol. The van der Waals surface area contributed by atoms with Crippen LogP contribution in [0.3, 0.4) is 0 Å². The number of amides is 1. The van der Waals surface area contributed by atoms with Crippen molar-refractivity contribution in [3.8, 4) is 0 Å². The largest absolute Gasteiger partial charge is 0.351 e. The van der Waals surface area contributed by atoms with Gasteiger partial charge >= 0.3 is 0 Å². The Kier molecular flexibility index (Phi) is 8.44. The van der Waals surface area contributed by atoms with Gasteiger partial charge in [0.1, 0.15) is 0 Å². The lowest BCUT2D eigenvalue weighted by atomic mass is 10.2. The molecule has 32 heavy (non-hydrogen) atoms. The van der Waals surface area contributed by atoms with Gasteiger partial charge in [-0.2, -0.15) is 4.31 Å². The summed E-state index contributed by atoms with van der Waals surface area (Å²) < 4.78 is 27.7. The third kappa shape index (κ3) is 6.38. The van der Waals surface area contributed by atoms with Crippen LogP contribution in [-0.2, 0) is 27.9 Å². The summed E-state index contributed by atoms with van der Waals surface area (Å²) in [6.07, 6.45) is 0. The molecule has 0 heterocycles. The number of hydrogen-bond acceptors (Lipinski definition) is 3. The lowest BCUT2D eigenvalue weighted by Gasteiger charge is -2.23. The van der Waals surface area contributed by atoms with Crippen molar-refractivity contribution in [3.63, 3.8) is 0 Å².